The minimum Gasteiger partial charge on any atom is -0.481 e. The monoisotopic (exact) mass is 176 g/mol. The van der Waals surface area contributed by atoms with Crippen LogP contribution in [0.25, 0.3) is 0 Å². The Kier molecular flexibility index (Phi) is 2.43. The molecule has 1 saturated carbocycles. The van der Waals surface area contributed by atoms with E-state index in [0.717, 1.165) is 25.7 Å². The number of carbonyl (C=O) groups is 1. The molecule has 3 heteroatoms. The van der Waals surface area contributed by atoms with Crippen LogP contribution in [-0.2, 0) is 4.79 Å². The highest BCUT2D eigenvalue weighted by Gasteiger charge is 2.36. The molecule has 0 atom stereocenters. The molecular weight excluding hydrogens is 164 g/mol. The third-order valence-corrected chi connectivity index (χ3v) is 2.97. The van der Waals surface area contributed by atoms with Gasteiger partial charge in [0.1, 0.15) is 0 Å². The topological polar surface area (TPSA) is 37.3 Å². The van der Waals surface area contributed by atoms with Crippen LogP contribution in [0.3, 0.4) is 0 Å². The van der Waals surface area contributed by atoms with Crippen LogP contribution in [0.15, 0.2) is 0 Å². The van der Waals surface area contributed by atoms with Crippen molar-refractivity contribution in [3.63, 3.8) is 0 Å². The number of aliphatic carboxylic acids is 1. The van der Waals surface area contributed by atoms with Crippen molar-refractivity contribution in [1.29, 1.82) is 0 Å². The average Bonchev–Trinajstić information content (AvgIpc) is 1.95. The molecule has 0 heterocycles. The first-order valence-electron chi connectivity index (χ1n) is 3.92. The predicted octanol–water partition coefficient (Wildman–Crippen LogP) is 2.26. The van der Waals surface area contributed by atoms with Crippen LogP contribution in [0.4, 0.5) is 0 Å². The first-order valence-corrected chi connectivity index (χ1v) is 4.36. The van der Waals surface area contributed by atoms with E-state index in [2.05, 4.69) is 0 Å². The van der Waals surface area contributed by atoms with E-state index in [1.165, 1.54) is 0 Å². The first-order chi connectivity index (χ1) is 5.04. The zero-order chi connectivity index (χ0) is 8.48. The Balaban J connectivity index is 2.55. The summed E-state index contributed by atoms with van der Waals surface area (Å²) in [5.74, 6) is -0.680. The van der Waals surface area contributed by atoms with Gasteiger partial charge in [-0.15, -0.1) is 11.6 Å². The third-order valence-electron chi connectivity index (χ3n) is 2.54. The van der Waals surface area contributed by atoms with Gasteiger partial charge in [-0.25, -0.2) is 0 Å². The van der Waals surface area contributed by atoms with Crippen LogP contribution in [0.5, 0.6) is 0 Å². The smallest absolute Gasteiger partial charge is 0.309 e. The molecule has 2 nitrogen and oxygen atoms in total. The number of hydrogen-bond donors (Lipinski definition) is 1. The van der Waals surface area contributed by atoms with Gasteiger partial charge in [-0.1, -0.05) is 0 Å². The highest BCUT2D eigenvalue weighted by atomic mass is 35.5. The Morgan fingerprint density at radius 2 is 2.00 bits per heavy atom. The Morgan fingerprint density at radius 3 is 2.36 bits per heavy atom. The van der Waals surface area contributed by atoms with Crippen LogP contribution in [0, 0.1) is 5.41 Å². The molecule has 0 aromatic rings. The van der Waals surface area contributed by atoms with Gasteiger partial charge in [-0.2, -0.15) is 0 Å². The number of carboxylic acids is 1. The van der Waals surface area contributed by atoms with Gasteiger partial charge in [-0.05, 0) is 32.6 Å². The Labute approximate surface area is 71.5 Å². The molecule has 11 heavy (non-hydrogen) atoms. The quantitative estimate of drug-likeness (QED) is 0.623. The second kappa shape index (κ2) is 3.02. The summed E-state index contributed by atoms with van der Waals surface area (Å²) < 4.78 is 0. The fourth-order valence-corrected chi connectivity index (χ4v) is 1.65. The van der Waals surface area contributed by atoms with Crippen molar-refractivity contribution in [3.05, 3.63) is 0 Å². The lowest BCUT2D eigenvalue weighted by molar-refractivity contribution is -0.149. The van der Waals surface area contributed by atoms with Crippen LogP contribution < -0.4 is 0 Å². The van der Waals surface area contributed by atoms with Crippen molar-refractivity contribution in [3.8, 4) is 0 Å². The van der Waals surface area contributed by atoms with Crippen LogP contribution in [0.1, 0.15) is 32.6 Å². The van der Waals surface area contributed by atoms with E-state index < -0.39 is 11.4 Å². The zero-order valence-corrected chi connectivity index (χ0v) is 7.40. The second-order valence-corrected chi connectivity index (χ2v) is 4.16. The molecule has 0 spiro atoms. The SMILES string of the molecule is CC1(C(=O)O)CCC(Cl)CC1. The van der Waals surface area contributed by atoms with Gasteiger partial charge in [-0.3, -0.25) is 4.79 Å². The Hall–Kier alpha value is -0.240. The van der Waals surface area contributed by atoms with Crippen molar-refractivity contribution >= 4 is 17.6 Å². The molecule has 1 N–H and O–H groups in total. The van der Waals surface area contributed by atoms with Gasteiger partial charge in [0.05, 0.1) is 5.41 Å². The van der Waals surface area contributed by atoms with E-state index in [1.54, 1.807) is 6.92 Å². The number of alkyl halides is 1. The van der Waals surface area contributed by atoms with E-state index in [4.69, 9.17) is 16.7 Å². The van der Waals surface area contributed by atoms with E-state index in [-0.39, 0.29) is 5.38 Å². The third kappa shape index (κ3) is 1.86. The highest BCUT2D eigenvalue weighted by Crippen LogP contribution is 2.37. The number of hydrogen-bond acceptors (Lipinski definition) is 1. The predicted molar refractivity (Wildman–Crippen MR) is 43.9 cm³/mol. The summed E-state index contributed by atoms with van der Waals surface area (Å²) >= 11 is 5.86. The Morgan fingerprint density at radius 1 is 1.55 bits per heavy atom. The highest BCUT2D eigenvalue weighted by molar-refractivity contribution is 6.20. The number of rotatable bonds is 1. The number of halogens is 1. The second-order valence-electron chi connectivity index (χ2n) is 3.54. The van der Waals surface area contributed by atoms with Gasteiger partial charge >= 0.3 is 5.97 Å². The maximum Gasteiger partial charge on any atom is 0.309 e. The van der Waals surface area contributed by atoms with Crippen molar-refractivity contribution in [1.82, 2.24) is 0 Å². The van der Waals surface area contributed by atoms with Gasteiger partial charge < -0.3 is 5.11 Å². The molecule has 0 radical (unpaired) electrons. The Bertz CT molecular complexity index is 159. The molecule has 1 rings (SSSR count). The lowest BCUT2D eigenvalue weighted by atomic mass is 9.76. The molecule has 0 aliphatic heterocycles. The maximum atomic E-state index is 10.7. The van der Waals surface area contributed by atoms with Gasteiger partial charge in [0.25, 0.3) is 0 Å². The fourth-order valence-electron chi connectivity index (χ4n) is 1.43. The number of carboxylic acid groups (broad SMARTS) is 1. The maximum absolute atomic E-state index is 10.7. The lowest BCUT2D eigenvalue weighted by Crippen LogP contribution is -2.32. The molecule has 0 bridgehead atoms. The van der Waals surface area contributed by atoms with Gasteiger partial charge in [0.15, 0.2) is 0 Å². The molecule has 64 valence electrons. The van der Waals surface area contributed by atoms with Crippen LogP contribution in [0.2, 0.25) is 0 Å². The average molecular weight is 177 g/mol. The van der Waals surface area contributed by atoms with Crippen molar-refractivity contribution in [2.75, 3.05) is 0 Å². The minimum atomic E-state index is -0.680. The summed E-state index contributed by atoms with van der Waals surface area (Å²) in [6.45, 7) is 1.80. The van der Waals surface area contributed by atoms with Crippen molar-refractivity contribution in [2.45, 2.75) is 38.0 Å². The molecule has 0 amide bonds. The summed E-state index contributed by atoms with van der Waals surface area (Å²) in [6.07, 6.45) is 3.11. The molecule has 1 fully saturated rings. The molecule has 0 aromatic heterocycles. The molecule has 0 unspecified atom stereocenters. The lowest BCUT2D eigenvalue weighted by Gasteiger charge is -2.31. The summed E-state index contributed by atoms with van der Waals surface area (Å²) in [5.41, 5.74) is -0.509. The molecule has 0 saturated heterocycles. The summed E-state index contributed by atoms with van der Waals surface area (Å²) in [4.78, 5) is 10.7. The van der Waals surface area contributed by atoms with E-state index in [9.17, 15) is 4.79 Å². The summed E-state index contributed by atoms with van der Waals surface area (Å²) in [7, 11) is 0. The van der Waals surface area contributed by atoms with Crippen molar-refractivity contribution in [2.24, 2.45) is 5.41 Å². The molecular formula is C8H13ClO2. The molecule has 1 aliphatic carbocycles. The summed E-state index contributed by atoms with van der Waals surface area (Å²) in [5, 5.41) is 9.04. The van der Waals surface area contributed by atoms with Crippen molar-refractivity contribution < 1.29 is 9.90 Å². The van der Waals surface area contributed by atoms with Crippen LogP contribution >= 0.6 is 11.6 Å². The van der Waals surface area contributed by atoms with Gasteiger partial charge in [0.2, 0.25) is 0 Å². The van der Waals surface area contributed by atoms with E-state index in [1.807, 2.05) is 0 Å². The summed E-state index contributed by atoms with van der Waals surface area (Å²) in [6, 6.07) is 0. The fraction of sp³-hybridized carbons (Fsp3) is 0.875. The minimum absolute atomic E-state index is 0.197. The molecule has 1 aliphatic rings. The normalized spacial score (nSPS) is 38.5. The van der Waals surface area contributed by atoms with Gasteiger partial charge in [0, 0.05) is 5.38 Å². The zero-order valence-electron chi connectivity index (χ0n) is 6.64. The van der Waals surface area contributed by atoms with Crippen LogP contribution in [-0.4, -0.2) is 16.5 Å². The largest absolute Gasteiger partial charge is 0.481 e. The first kappa shape index (κ1) is 8.85. The molecule has 0 aromatic carbocycles. The van der Waals surface area contributed by atoms with E-state index in [0.29, 0.717) is 0 Å². The standard InChI is InChI=1S/C8H13ClO2/c1-8(7(10)11)4-2-6(9)3-5-8/h6H,2-5H2,1H3,(H,10,11). The van der Waals surface area contributed by atoms with E-state index >= 15 is 0 Å².